The van der Waals surface area contributed by atoms with E-state index in [1.807, 2.05) is 24.4 Å². The quantitative estimate of drug-likeness (QED) is 0.773. The van der Waals surface area contributed by atoms with Gasteiger partial charge in [0.1, 0.15) is 0 Å². The second kappa shape index (κ2) is 5.67. The summed E-state index contributed by atoms with van der Waals surface area (Å²) in [6.07, 6.45) is 3.91. The van der Waals surface area contributed by atoms with Crippen LogP contribution in [0.15, 0.2) is 43.1 Å². The van der Waals surface area contributed by atoms with Crippen molar-refractivity contribution in [1.29, 1.82) is 5.26 Å². The maximum Gasteiger partial charge on any atom is 0.0991 e. The Morgan fingerprint density at radius 3 is 2.88 bits per heavy atom. The molecule has 0 spiro atoms. The molecule has 0 saturated carbocycles. The third-order valence-corrected chi connectivity index (χ3v) is 4.93. The summed E-state index contributed by atoms with van der Waals surface area (Å²) in [5.74, 6) is 0. The average Bonchev–Trinajstić information content (AvgIpc) is 3.22. The molecule has 0 radical (unpaired) electrons. The average molecular weight is 313 g/mol. The van der Waals surface area contributed by atoms with Crippen LogP contribution in [0, 0.1) is 18.3 Å². The first-order valence-electron chi connectivity index (χ1n) is 8.16. The van der Waals surface area contributed by atoms with Gasteiger partial charge in [-0.3, -0.25) is 4.90 Å². The molecule has 4 rings (SSSR count). The van der Waals surface area contributed by atoms with Crippen molar-refractivity contribution < 1.29 is 0 Å². The van der Waals surface area contributed by atoms with Gasteiger partial charge >= 0.3 is 0 Å². The van der Waals surface area contributed by atoms with Gasteiger partial charge in [-0.1, -0.05) is 18.7 Å². The molecule has 0 aliphatic carbocycles. The summed E-state index contributed by atoms with van der Waals surface area (Å²) in [5, 5.41) is 10.4. The number of aryl methyl sites for hydroxylation is 1. The molecule has 1 aliphatic rings. The van der Waals surface area contributed by atoms with Crippen molar-refractivity contribution in [3.63, 3.8) is 0 Å². The van der Waals surface area contributed by atoms with Crippen molar-refractivity contribution in [2.24, 2.45) is 0 Å². The summed E-state index contributed by atoms with van der Waals surface area (Å²) >= 11 is 0. The Morgan fingerprint density at radius 2 is 2.08 bits per heavy atom. The van der Waals surface area contributed by atoms with Gasteiger partial charge in [-0.25, -0.2) is 0 Å². The highest BCUT2D eigenvalue weighted by atomic mass is 15.1. The Hall–Kier alpha value is -2.83. The molecular formula is C21H19N3. The van der Waals surface area contributed by atoms with Crippen LogP contribution in [0.3, 0.4) is 0 Å². The van der Waals surface area contributed by atoms with Crippen LogP contribution in [0.25, 0.3) is 17.0 Å². The van der Waals surface area contributed by atoms with Crippen LogP contribution in [0.5, 0.6) is 0 Å². The van der Waals surface area contributed by atoms with Gasteiger partial charge in [0.2, 0.25) is 0 Å². The fourth-order valence-corrected chi connectivity index (χ4v) is 3.71. The molecular weight excluding hydrogens is 294 g/mol. The third-order valence-electron chi connectivity index (χ3n) is 4.93. The molecule has 3 aromatic rings. The van der Waals surface area contributed by atoms with E-state index < -0.39 is 0 Å². The van der Waals surface area contributed by atoms with Gasteiger partial charge in [0.15, 0.2) is 0 Å². The number of hydrogen-bond acceptors (Lipinski definition) is 2. The molecule has 2 heterocycles. The van der Waals surface area contributed by atoms with Crippen molar-refractivity contribution in [3.05, 3.63) is 76.5 Å². The molecule has 0 fully saturated rings. The van der Waals surface area contributed by atoms with Crippen LogP contribution in [0.1, 0.15) is 33.4 Å². The predicted molar refractivity (Wildman–Crippen MR) is 97.2 cm³/mol. The zero-order valence-electron chi connectivity index (χ0n) is 13.8. The highest BCUT2D eigenvalue weighted by molar-refractivity contribution is 5.91. The van der Waals surface area contributed by atoms with Crippen molar-refractivity contribution in [1.82, 2.24) is 9.88 Å². The Morgan fingerprint density at radius 1 is 1.25 bits per heavy atom. The summed E-state index contributed by atoms with van der Waals surface area (Å²) in [5.41, 5.74) is 8.33. The van der Waals surface area contributed by atoms with E-state index in [1.54, 1.807) is 0 Å². The van der Waals surface area contributed by atoms with E-state index in [0.717, 1.165) is 36.3 Å². The van der Waals surface area contributed by atoms with E-state index in [4.69, 9.17) is 5.26 Å². The highest BCUT2D eigenvalue weighted by Crippen LogP contribution is 2.30. The minimum absolute atomic E-state index is 0.746. The lowest BCUT2D eigenvalue weighted by Gasteiger charge is -2.18. The third kappa shape index (κ3) is 2.33. The van der Waals surface area contributed by atoms with Crippen LogP contribution in [-0.4, -0.2) is 9.88 Å². The zero-order valence-corrected chi connectivity index (χ0v) is 13.8. The fraction of sp³-hybridized carbons (Fsp3) is 0.190. The molecule has 24 heavy (non-hydrogen) atoms. The number of benzene rings is 2. The number of aromatic amines is 1. The standard InChI is InChI=1S/C21H19N3/c1-3-16-8-14(2)20(19-6-7-23-21(16)19)13-24-11-17-5-4-15(10-22)9-18(17)12-24/h3-9,23H,1,11-13H2,2H3. The number of fused-ring (bicyclic) bond motifs is 2. The molecule has 1 aliphatic heterocycles. The monoisotopic (exact) mass is 313 g/mol. The minimum Gasteiger partial charge on any atom is -0.361 e. The topological polar surface area (TPSA) is 42.8 Å². The predicted octanol–water partition coefficient (Wildman–Crippen LogP) is 4.51. The summed E-state index contributed by atoms with van der Waals surface area (Å²) in [4.78, 5) is 5.78. The van der Waals surface area contributed by atoms with E-state index in [-0.39, 0.29) is 0 Å². The van der Waals surface area contributed by atoms with E-state index in [0.29, 0.717) is 0 Å². The zero-order chi connectivity index (χ0) is 16.7. The second-order valence-electron chi connectivity index (χ2n) is 6.47. The SMILES string of the molecule is C=Cc1cc(C)c(CN2Cc3ccc(C#N)cc3C2)c2cc[nH]c12. The van der Waals surface area contributed by atoms with Crippen LogP contribution in [0.4, 0.5) is 0 Å². The molecule has 0 bridgehead atoms. The van der Waals surface area contributed by atoms with Crippen molar-refractivity contribution in [3.8, 4) is 6.07 Å². The molecule has 1 aromatic heterocycles. The van der Waals surface area contributed by atoms with E-state index in [9.17, 15) is 0 Å². The summed E-state index contributed by atoms with van der Waals surface area (Å²) in [7, 11) is 0. The summed E-state index contributed by atoms with van der Waals surface area (Å²) in [6.45, 7) is 8.85. The van der Waals surface area contributed by atoms with Crippen LogP contribution >= 0.6 is 0 Å². The highest BCUT2D eigenvalue weighted by Gasteiger charge is 2.21. The molecule has 118 valence electrons. The fourth-order valence-electron chi connectivity index (χ4n) is 3.71. The number of rotatable bonds is 3. The summed E-state index contributed by atoms with van der Waals surface area (Å²) < 4.78 is 0. The number of hydrogen-bond donors (Lipinski definition) is 1. The van der Waals surface area contributed by atoms with Crippen molar-refractivity contribution >= 4 is 17.0 Å². The second-order valence-corrected chi connectivity index (χ2v) is 6.47. The van der Waals surface area contributed by atoms with Gasteiger partial charge < -0.3 is 4.98 Å². The lowest BCUT2D eigenvalue weighted by Crippen LogP contribution is -2.16. The molecule has 0 atom stereocenters. The maximum atomic E-state index is 9.08. The maximum absolute atomic E-state index is 9.08. The smallest absolute Gasteiger partial charge is 0.0991 e. The molecule has 3 nitrogen and oxygen atoms in total. The Labute approximate surface area is 141 Å². The molecule has 2 aromatic carbocycles. The Bertz CT molecular complexity index is 988. The van der Waals surface area contributed by atoms with Gasteiger partial charge in [-0.15, -0.1) is 0 Å². The van der Waals surface area contributed by atoms with E-state index in [1.165, 1.54) is 27.6 Å². The van der Waals surface area contributed by atoms with Gasteiger partial charge in [0, 0.05) is 31.2 Å². The molecule has 0 unspecified atom stereocenters. The van der Waals surface area contributed by atoms with Crippen LogP contribution in [-0.2, 0) is 19.6 Å². The normalized spacial score (nSPS) is 13.8. The lowest BCUT2D eigenvalue weighted by atomic mass is 9.99. The Kier molecular flexibility index (Phi) is 3.48. The first-order valence-corrected chi connectivity index (χ1v) is 8.16. The lowest BCUT2D eigenvalue weighted by molar-refractivity contribution is 0.276. The van der Waals surface area contributed by atoms with E-state index >= 15 is 0 Å². The van der Waals surface area contributed by atoms with Gasteiger partial charge in [-0.2, -0.15) is 5.26 Å². The van der Waals surface area contributed by atoms with Gasteiger partial charge in [0.05, 0.1) is 17.1 Å². The largest absolute Gasteiger partial charge is 0.361 e. The number of aromatic nitrogens is 1. The van der Waals surface area contributed by atoms with Crippen LogP contribution in [0.2, 0.25) is 0 Å². The number of nitriles is 1. The number of nitrogens with zero attached hydrogens (tertiary/aromatic N) is 2. The van der Waals surface area contributed by atoms with E-state index in [2.05, 4.69) is 47.7 Å². The molecule has 3 heteroatoms. The molecule has 0 amide bonds. The number of H-pyrrole nitrogens is 1. The Balaban J connectivity index is 1.67. The number of nitrogens with one attached hydrogen (secondary N) is 1. The van der Waals surface area contributed by atoms with Gasteiger partial charge in [-0.05, 0) is 59.0 Å². The first-order chi connectivity index (χ1) is 11.7. The van der Waals surface area contributed by atoms with Crippen LogP contribution < -0.4 is 0 Å². The molecule has 1 N–H and O–H groups in total. The summed E-state index contributed by atoms with van der Waals surface area (Å²) in [6, 6.07) is 12.6. The van der Waals surface area contributed by atoms with Gasteiger partial charge in [0.25, 0.3) is 0 Å². The van der Waals surface area contributed by atoms with Crippen molar-refractivity contribution in [2.45, 2.75) is 26.6 Å². The minimum atomic E-state index is 0.746. The van der Waals surface area contributed by atoms with Crippen molar-refractivity contribution in [2.75, 3.05) is 0 Å². The first kappa shape index (κ1) is 14.7. The molecule has 0 saturated heterocycles.